The number of aliphatic hydroxyl groups excluding tert-OH is 1. The van der Waals surface area contributed by atoms with Gasteiger partial charge in [-0.25, -0.2) is 0 Å². The van der Waals surface area contributed by atoms with Crippen molar-refractivity contribution in [3.05, 3.63) is 82.9 Å². The fraction of sp³-hybridized carbons (Fsp3) is 0.379. The minimum absolute atomic E-state index is 0.286. The number of nitrogen functional groups attached to an aromatic ring is 1. The largest absolute Gasteiger partial charge is 0.490 e. The van der Waals surface area contributed by atoms with Crippen LogP contribution < -0.4 is 15.2 Å². The van der Waals surface area contributed by atoms with Crippen molar-refractivity contribution in [3.63, 3.8) is 0 Å². The van der Waals surface area contributed by atoms with Crippen molar-refractivity contribution >= 4 is 5.69 Å². The van der Waals surface area contributed by atoms with Crippen molar-refractivity contribution < 1.29 is 14.6 Å². The molecule has 1 aliphatic heterocycles. The molecule has 0 spiro atoms. The molecule has 0 radical (unpaired) electrons. The summed E-state index contributed by atoms with van der Waals surface area (Å²) in [4.78, 5) is 2.34. The van der Waals surface area contributed by atoms with Crippen molar-refractivity contribution in [2.75, 3.05) is 32.0 Å². The topological polar surface area (TPSA) is 68.0 Å². The predicted molar refractivity (Wildman–Crippen MR) is 138 cm³/mol. The van der Waals surface area contributed by atoms with Gasteiger partial charge in [-0.05, 0) is 105 Å². The van der Waals surface area contributed by atoms with Crippen molar-refractivity contribution in [1.82, 2.24) is 4.90 Å². The van der Waals surface area contributed by atoms with Crippen LogP contribution in [-0.4, -0.2) is 42.4 Å². The average Bonchev–Trinajstić information content (AvgIpc) is 2.84. The number of benzene rings is 3. The van der Waals surface area contributed by atoms with Gasteiger partial charge < -0.3 is 25.2 Å². The summed E-state index contributed by atoms with van der Waals surface area (Å²) in [6.45, 7) is 8.88. The molecule has 5 heteroatoms. The molecule has 0 amide bonds. The number of β-amino-alcohol motifs (C(OH)–C–C–N with tert-alkyl or cyclic N) is 1. The van der Waals surface area contributed by atoms with E-state index in [0.29, 0.717) is 12.5 Å². The lowest BCUT2D eigenvalue weighted by Crippen LogP contribution is -2.40. The normalized spacial score (nSPS) is 15.8. The lowest BCUT2D eigenvalue weighted by molar-refractivity contribution is 0.0590. The summed E-state index contributed by atoms with van der Waals surface area (Å²) in [5, 5.41) is 10.6. The number of likely N-dealkylation sites (tertiary alicyclic amines) is 1. The van der Waals surface area contributed by atoms with Crippen LogP contribution >= 0.6 is 0 Å². The van der Waals surface area contributed by atoms with Crippen LogP contribution in [0.4, 0.5) is 5.69 Å². The summed E-state index contributed by atoms with van der Waals surface area (Å²) in [6, 6.07) is 20.3. The monoisotopic (exact) mass is 460 g/mol. The Morgan fingerprint density at radius 3 is 2.26 bits per heavy atom. The number of aliphatic hydroxyl groups is 1. The molecule has 1 aliphatic rings. The first-order valence-corrected chi connectivity index (χ1v) is 12.1. The summed E-state index contributed by atoms with van der Waals surface area (Å²) in [5.41, 5.74) is 11.3. The first-order chi connectivity index (χ1) is 16.4. The third-order valence-corrected chi connectivity index (χ3v) is 6.87. The SMILES string of the molecule is Cc1cc(N)c(C)c(C)c1OCC(O)CN1CCC(c2ccc(Oc3ccccc3)cc2)CC1. The molecule has 3 aromatic rings. The summed E-state index contributed by atoms with van der Waals surface area (Å²) in [6.07, 6.45) is 1.64. The lowest BCUT2D eigenvalue weighted by atomic mass is 9.89. The highest BCUT2D eigenvalue weighted by Gasteiger charge is 2.23. The quantitative estimate of drug-likeness (QED) is 0.428. The van der Waals surface area contributed by atoms with Gasteiger partial charge >= 0.3 is 0 Å². The predicted octanol–water partition coefficient (Wildman–Crippen LogP) is 5.61. The van der Waals surface area contributed by atoms with Gasteiger partial charge in [0.1, 0.15) is 30.0 Å². The number of rotatable bonds is 8. The summed E-state index contributed by atoms with van der Waals surface area (Å²) in [5.74, 6) is 3.09. The highest BCUT2D eigenvalue weighted by molar-refractivity contribution is 5.58. The first kappa shape index (κ1) is 24.1. The summed E-state index contributed by atoms with van der Waals surface area (Å²) in [7, 11) is 0. The third kappa shape index (κ3) is 5.91. The number of aryl methyl sites for hydroxylation is 1. The molecule has 1 fully saturated rings. The van der Waals surface area contributed by atoms with Crippen LogP contribution in [0, 0.1) is 20.8 Å². The standard InChI is InChI=1S/C29H36N2O3/c1-20-17-28(30)21(2)22(3)29(20)33-19-25(32)18-31-15-13-24(14-16-31)23-9-11-27(12-10-23)34-26-7-5-4-6-8-26/h4-12,17,24-25,32H,13-16,18-19,30H2,1-3H3. The van der Waals surface area contributed by atoms with Crippen LogP contribution in [0.2, 0.25) is 0 Å². The number of hydrogen-bond acceptors (Lipinski definition) is 5. The van der Waals surface area contributed by atoms with E-state index in [0.717, 1.165) is 65.6 Å². The van der Waals surface area contributed by atoms with E-state index in [9.17, 15) is 5.11 Å². The Bertz CT molecular complexity index is 1070. The fourth-order valence-electron chi connectivity index (χ4n) is 4.72. The molecule has 1 atom stereocenters. The zero-order valence-electron chi connectivity index (χ0n) is 20.5. The molecule has 0 aromatic heterocycles. The third-order valence-electron chi connectivity index (χ3n) is 6.87. The maximum atomic E-state index is 10.6. The van der Waals surface area contributed by atoms with Gasteiger partial charge in [-0.1, -0.05) is 30.3 Å². The van der Waals surface area contributed by atoms with E-state index in [1.54, 1.807) is 0 Å². The second kappa shape index (κ2) is 10.9. The van der Waals surface area contributed by atoms with E-state index in [2.05, 4.69) is 29.2 Å². The molecule has 5 nitrogen and oxygen atoms in total. The van der Waals surface area contributed by atoms with Crippen molar-refractivity contribution in [2.24, 2.45) is 0 Å². The Morgan fingerprint density at radius 2 is 1.59 bits per heavy atom. The smallest absolute Gasteiger partial charge is 0.127 e. The lowest BCUT2D eigenvalue weighted by Gasteiger charge is -2.33. The van der Waals surface area contributed by atoms with Gasteiger partial charge in [0.15, 0.2) is 0 Å². The van der Waals surface area contributed by atoms with Gasteiger partial charge in [-0.3, -0.25) is 0 Å². The van der Waals surface area contributed by atoms with E-state index in [4.69, 9.17) is 15.2 Å². The minimum Gasteiger partial charge on any atom is -0.490 e. The number of ether oxygens (including phenoxy) is 2. The van der Waals surface area contributed by atoms with Crippen LogP contribution in [0.3, 0.4) is 0 Å². The Hall–Kier alpha value is -3.02. The van der Waals surface area contributed by atoms with E-state index in [-0.39, 0.29) is 6.61 Å². The summed E-state index contributed by atoms with van der Waals surface area (Å²) < 4.78 is 11.9. The number of nitrogens with two attached hydrogens (primary N) is 1. The molecule has 4 rings (SSSR count). The zero-order chi connectivity index (χ0) is 24.1. The number of nitrogens with zero attached hydrogens (tertiary/aromatic N) is 1. The molecule has 1 saturated heterocycles. The van der Waals surface area contributed by atoms with Gasteiger partial charge in [0.2, 0.25) is 0 Å². The number of hydrogen-bond donors (Lipinski definition) is 2. The summed E-state index contributed by atoms with van der Waals surface area (Å²) >= 11 is 0. The van der Waals surface area contributed by atoms with Crippen molar-refractivity contribution in [2.45, 2.75) is 45.6 Å². The van der Waals surface area contributed by atoms with Gasteiger partial charge in [0.25, 0.3) is 0 Å². The maximum absolute atomic E-state index is 10.6. The Morgan fingerprint density at radius 1 is 0.941 bits per heavy atom. The molecule has 1 unspecified atom stereocenters. The van der Waals surface area contributed by atoms with Gasteiger partial charge in [0, 0.05) is 12.2 Å². The van der Waals surface area contributed by atoms with E-state index >= 15 is 0 Å². The van der Waals surface area contributed by atoms with E-state index in [1.807, 2.05) is 57.2 Å². The highest BCUT2D eigenvalue weighted by Crippen LogP contribution is 2.32. The molecule has 0 aliphatic carbocycles. The first-order valence-electron chi connectivity index (χ1n) is 12.1. The fourth-order valence-corrected chi connectivity index (χ4v) is 4.72. The van der Waals surface area contributed by atoms with Crippen LogP contribution in [0.25, 0.3) is 0 Å². The van der Waals surface area contributed by atoms with Crippen LogP contribution in [0.1, 0.15) is 41.0 Å². The average molecular weight is 461 g/mol. The number of anilines is 1. The van der Waals surface area contributed by atoms with Crippen LogP contribution in [0.15, 0.2) is 60.7 Å². The van der Waals surface area contributed by atoms with E-state index in [1.165, 1.54) is 5.56 Å². The van der Waals surface area contributed by atoms with E-state index < -0.39 is 6.10 Å². The van der Waals surface area contributed by atoms with Gasteiger partial charge in [0.05, 0.1) is 0 Å². The Kier molecular flexibility index (Phi) is 7.76. The number of para-hydroxylation sites is 1. The molecule has 0 bridgehead atoms. The molecule has 3 aromatic carbocycles. The molecule has 180 valence electrons. The Labute approximate surface area is 203 Å². The van der Waals surface area contributed by atoms with Crippen molar-refractivity contribution in [3.8, 4) is 17.2 Å². The zero-order valence-corrected chi connectivity index (χ0v) is 20.5. The molecule has 0 saturated carbocycles. The maximum Gasteiger partial charge on any atom is 0.127 e. The van der Waals surface area contributed by atoms with Crippen LogP contribution in [-0.2, 0) is 0 Å². The second-order valence-electron chi connectivity index (χ2n) is 9.39. The van der Waals surface area contributed by atoms with Gasteiger partial charge in [-0.2, -0.15) is 0 Å². The molecule has 3 N–H and O–H groups in total. The molecular formula is C29H36N2O3. The molecular weight excluding hydrogens is 424 g/mol. The molecule has 1 heterocycles. The van der Waals surface area contributed by atoms with Gasteiger partial charge in [-0.15, -0.1) is 0 Å². The second-order valence-corrected chi connectivity index (χ2v) is 9.39. The minimum atomic E-state index is -0.525. The highest BCUT2D eigenvalue weighted by atomic mass is 16.5. The number of piperidine rings is 1. The van der Waals surface area contributed by atoms with Crippen molar-refractivity contribution in [1.29, 1.82) is 0 Å². The van der Waals surface area contributed by atoms with Crippen LogP contribution in [0.5, 0.6) is 17.2 Å². The Balaban J connectivity index is 1.24. The molecule has 34 heavy (non-hydrogen) atoms.